The van der Waals surface area contributed by atoms with Gasteiger partial charge in [0, 0.05) is 0 Å². The molecule has 0 aliphatic rings. The molecule has 0 aliphatic heterocycles. The molecular formula is C17H12F4N4O. The summed E-state index contributed by atoms with van der Waals surface area (Å²) < 4.78 is 53.3. The predicted molar refractivity (Wildman–Crippen MR) is 85.2 cm³/mol. The van der Waals surface area contributed by atoms with Crippen LogP contribution in [0.2, 0.25) is 0 Å². The SMILES string of the molecule is N#Cc1ccc(-c2ccc3[nH]c(C(N)(CO)C(F)(F)F)nc3c2)cc1F. The quantitative estimate of drug-likeness (QED) is 0.622. The molecule has 1 heterocycles. The molecule has 9 heteroatoms. The van der Waals surface area contributed by atoms with E-state index in [0.29, 0.717) is 11.1 Å². The summed E-state index contributed by atoms with van der Waals surface area (Å²) in [5.74, 6) is -1.32. The predicted octanol–water partition coefficient (Wildman–Crippen LogP) is 2.95. The zero-order valence-corrected chi connectivity index (χ0v) is 13.1. The van der Waals surface area contributed by atoms with Crippen molar-refractivity contribution in [2.45, 2.75) is 11.7 Å². The van der Waals surface area contributed by atoms with Gasteiger partial charge in [0.05, 0.1) is 23.2 Å². The minimum atomic E-state index is -4.91. The van der Waals surface area contributed by atoms with E-state index < -0.39 is 30.0 Å². The molecule has 0 amide bonds. The Labute approximate surface area is 144 Å². The summed E-state index contributed by atoms with van der Waals surface area (Å²) in [6, 6.07) is 10.2. The highest BCUT2D eigenvalue weighted by molar-refractivity contribution is 5.82. The first-order valence-electron chi connectivity index (χ1n) is 7.36. The molecule has 2 aromatic carbocycles. The maximum Gasteiger partial charge on any atom is 0.415 e. The second-order valence-electron chi connectivity index (χ2n) is 5.75. The van der Waals surface area contributed by atoms with Crippen LogP contribution >= 0.6 is 0 Å². The number of aliphatic hydroxyl groups is 1. The Hall–Kier alpha value is -2.96. The van der Waals surface area contributed by atoms with Gasteiger partial charge in [0.15, 0.2) is 5.54 Å². The number of nitriles is 1. The number of hydrogen-bond donors (Lipinski definition) is 3. The maximum atomic E-state index is 13.8. The molecular weight excluding hydrogens is 352 g/mol. The van der Waals surface area contributed by atoms with Gasteiger partial charge in [-0.25, -0.2) is 9.37 Å². The van der Waals surface area contributed by atoms with Crippen LogP contribution in [0, 0.1) is 17.1 Å². The molecule has 26 heavy (non-hydrogen) atoms. The number of nitrogens with one attached hydrogen (secondary N) is 1. The van der Waals surface area contributed by atoms with Crippen molar-refractivity contribution in [3.63, 3.8) is 0 Å². The Balaban J connectivity index is 2.08. The van der Waals surface area contributed by atoms with Gasteiger partial charge in [-0.2, -0.15) is 18.4 Å². The number of nitrogens with two attached hydrogens (primary N) is 1. The molecule has 1 aromatic heterocycles. The molecule has 3 rings (SSSR count). The highest BCUT2D eigenvalue weighted by Gasteiger charge is 2.55. The first-order valence-corrected chi connectivity index (χ1v) is 7.36. The van der Waals surface area contributed by atoms with Crippen molar-refractivity contribution < 1.29 is 22.7 Å². The van der Waals surface area contributed by atoms with Crippen molar-refractivity contribution in [2.75, 3.05) is 6.61 Å². The molecule has 134 valence electrons. The Bertz CT molecular complexity index is 1020. The lowest BCUT2D eigenvalue weighted by Gasteiger charge is -2.27. The van der Waals surface area contributed by atoms with E-state index in [9.17, 15) is 17.6 Å². The Morgan fingerprint density at radius 2 is 1.81 bits per heavy atom. The van der Waals surface area contributed by atoms with Gasteiger partial charge >= 0.3 is 6.18 Å². The molecule has 0 fully saturated rings. The second-order valence-corrected chi connectivity index (χ2v) is 5.75. The van der Waals surface area contributed by atoms with Gasteiger partial charge in [-0.3, -0.25) is 0 Å². The average Bonchev–Trinajstić information content (AvgIpc) is 3.03. The lowest BCUT2D eigenvalue weighted by atomic mass is 10.0. The standard InChI is InChI=1S/C17H12F4N4O/c18-12-5-9(1-2-11(12)7-22)10-3-4-13-14(6-10)25-15(24-13)16(23,8-26)17(19,20)21/h1-6,26H,8,23H2,(H,24,25). The van der Waals surface area contributed by atoms with E-state index in [1.54, 1.807) is 12.1 Å². The third kappa shape index (κ3) is 2.79. The van der Waals surface area contributed by atoms with Gasteiger partial charge < -0.3 is 15.8 Å². The highest BCUT2D eigenvalue weighted by atomic mass is 19.4. The van der Waals surface area contributed by atoms with Crippen molar-refractivity contribution in [2.24, 2.45) is 5.73 Å². The van der Waals surface area contributed by atoms with Gasteiger partial charge in [0.1, 0.15) is 17.7 Å². The molecule has 5 nitrogen and oxygen atoms in total. The fraction of sp³-hybridized carbons (Fsp3) is 0.176. The lowest BCUT2D eigenvalue weighted by molar-refractivity contribution is -0.201. The van der Waals surface area contributed by atoms with Crippen molar-refractivity contribution in [3.05, 3.63) is 53.6 Å². The smallest absolute Gasteiger partial charge is 0.394 e. The Morgan fingerprint density at radius 3 is 2.38 bits per heavy atom. The van der Waals surface area contributed by atoms with Crippen LogP contribution in [0.4, 0.5) is 17.6 Å². The maximum absolute atomic E-state index is 13.8. The first-order chi connectivity index (χ1) is 12.2. The number of nitrogens with zero attached hydrogens (tertiary/aromatic N) is 2. The van der Waals surface area contributed by atoms with E-state index in [-0.39, 0.29) is 16.6 Å². The summed E-state index contributed by atoms with van der Waals surface area (Å²) in [5.41, 5.74) is 3.57. The number of aromatic nitrogens is 2. The van der Waals surface area contributed by atoms with E-state index in [4.69, 9.17) is 16.1 Å². The van der Waals surface area contributed by atoms with E-state index in [1.165, 1.54) is 24.3 Å². The number of halogens is 4. The molecule has 3 aromatic rings. The summed E-state index contributed by atoms with van der Waals surface area (Å²) in [6.07, 6.45) is -4.91. The number of benzene rings is 2. The number of hydrogen-bond acceptors (Lipinski definition) is 4. The fourth-order valence-electron chi connectivity index (χ4n) is 2.48. The summed E-state index contributed by atoms with van der Waals surface area (Å²) in [7, 11) is 0. The first kappa shape index (κ1) is 17.8. The third-order valence-corrected chi connectivity index (χ3v) is 4.08. The van der Waals surface area contributed by atoms with Crippen LogP contribution in [-0.4, -0.2) is 27.9 Å². The van der Waals surface area contributed by atoms with Gasteiger partial charge in [-0.15, -0.1) is 0 Å². The minimum Gasteiger partial charge on any atom is -0.394 e. The summed E-state index contributed by atoms with van der Waals surface area (Å²) in [4.78, 5) is 6.33. The monoisotopic (exact) mass is 364 g/mol. The molecule has 0 radical (unpaired) electrons. The van der Waals surface area contributed by atoms with Gasteiger partial charge in [0.2, 0.25) is 0 Å². The molecule has 4 N–H and O–H groups in total. The zero-order chi connectivity index (χ0) is 19.1. The van der Waals surface area contributed by atoms with E-state index in [1.807, 2.05) is 0 Å². The van der Waals surface area contributed by atoms with Gasteiger partial charge in [-0.05, 0) is 35.4 Å². The van der Waals surface area contributed by atoms with E-state index in [0.717, 1.165) is 6.07 Å². The molecule has 0 saturated heterocycles. The number of rotatable bonds is 3. The van der Waals surface area contributed by atoms with Crippen LogP contribution < -0.4 is 5.73 Å². The number of aromatic amines is 1. The number of imidazole rings is 1. The Kier molecular flexibility index (Phi) is 4.18. The number of aliphatic hydroxyl groups excluding tert-OH is 1. The molecule has 0 spiro atoms. The van der Waals surface area contributed by atoms with E-state index in [2.05, 4.69) is 9.97 Å². The van der Waals surface area contributed by atoms with Crippen LogP contribution in [0.3, 0.4) is 0 Å². The van der Waals surface area contributed by atoms with Gasteiger partial charge in [0.25, 0.3) is 0 Å². The third-order valence-electron chi connectivity index (χ3n) is 4.08. The molecule has 0 saturated carbocycles. The molecule has 0 bridgehead atoms. The number of fused-ring (bicyclic) bond motifs is 1. The summed E-state index contributed by atoms with van der Waals surface area (Å²) in [6.45, 7) is -1.37. The summed E-state index contributed by atoms with van der Waals surface area (Å²) >= 11 is 0. The molecule has 1 atom stereocenters. The number of H-pyrrole nitrogens is 1. The van der Waals surface area contributed by atoms with Crippen LogP contribution in [0.5, 0.6) is 0 Å². The van der Waals surface area contributed by atoms with Crippen molar-refractivity contribution in [1.82, 2.24) is 9.97 Å². The largest absolute Gasteiger partial charge is 0.415 e. The van der Waals surface area contributed by atoms with Crippen LogP contribution in [0.15, 0.2) is 36.4 Å². The van der Waals surface area contributed by atoms with Crippen LogP contribution in [-0.2, 0) is 5.54 Å². The van der Waals surface area contributed by atoms with Crippen molar-refractivity contribution in [3.8, 4) is 17.2 Å². The van der Waals surface area contributed by atoms with Gasteiger partial charge in [-0.1, -0.05) is 12.1 Å². The fourth-order valence-corrected chi connectivity index (χ4v) is 2.48. The average molecular weight is 364 g/mol. The lowest BCUT2D eigenvalue weighted by Crippen LogP contribution is -2.54. The normalized spacial score (nSPS) is 14.2. The molecule has 0 aliphatic carbocycles. The van der Waals surface area contributed by atoms with Crippen molar-refractivity contribution >= 4 is 11.0 Å². The van der Waals surface area contributed by atoms with Crippen LogP contribution in [0.1, 0.15) is 11.4 Å². The summed E-state index contributed by atoms with van der Waals surface area (Å²) in [5, 5.41) is 17.9. The van der Waals surface area contributed by atoms with Crippen molar-refractivity contribution in [1.29, 1.82) is 5.26 Å². The molecule has 1 unspecified atom stereocenters. The Morgan fingerprint density at radius 1 is 1.15 bits per heavy atom. The second kappa shape index (κ2) is 6.09. The minimum absolute atomic E-state index is 0.113. The van der Waals surface area contributed by atoms with E-state index >= 15 is 0 Å². The topological polar surface area (TPSA) is 98.7 Å². The van der Waals surface area contributed by atoms with Crippen LogP contribution in [0.25, 0.3) is 22.2 Å². The zero-order valence-electron chi connectivity index (χ0n) is 13.1. The highest BCUT2D eigenvalue weighted by Crippen LogP contribution is 2.36. The number of alkyl halides is 3.